The first kappa shape index (κ1) is 16.7. The number of carboxylic acid groups (broad SMARTS) is 1. The molecule has 1 heterocycles. The molecule has 0 bridgehead atoms. The van der Waals surface area contributed by atoms with Gasteiger partial charge in [-0.05, 0) is 20.8 Å². The lowest BCUT2D eigenvalue weighted by molar-refractivity contribution is -0.141. The molecule has 0 aromatic carbocycles. The Morgan fingerprint density at radius 3 is 2.60 bits per heavy atom. The highest BCUT2D eigenvalue weighted by Crippen LogP contribution is 2.21. The molecule has 0 saturated carbocycles. The van der Waals surface area contributed by atoms with Gasteiger partial charge >= 0.3 is 12.0 Å². The van der Waals surface area contributed by atoms with Gasteiger partial charge in [0.05, 0.1) is 37.8 Å². The number of rotatable bonds is 5. The summed E-state index contributed by atoms with van der Waals surface area (Å²) in [7, 11) is 0. The van der Waals surface area contributed by atoms with Gasteiger partial charge in [-0.3, -0.25) is 4.79 Å². The molecule has 116 valence electrons. The highest BCUT2D eigenvalue weighted by atomic mass is 16.5. The van der Waals surface area contributed by atoms with Crippen LogP contribution in [0.5, 0.6) is 0 Å². The van der Waals surface area contributed by atoms with Crippen molar-refractivity contribution in [2.75, 3.05) is 32.8 Å². The van der Waals surface area contributed by atoms with E-state index in [-0.39, 0.29) is 25.6 Å². The third kappa shape index (κ3) is 4.64. The molecule has 1 aliphatic rings. The minimum atomic E-state index is -0.924. The summed E-state index contributed by atoms with van der Waals surface area (Å²) in [5.41, 5.74) is -0.520. The lowest BCUT2D eigenvalue weighted by Gasteiger charge is -2.43. The highest BCUT2D eigenvalue weighted by Gasteiger charge is 2.36. The molecule has 1 unspecified atom stereocenters. The van der Waals surface area contributed by atoms with Gasteiger partial charge in [-0.1, -0.05) is 0 Å². The van der Waals surface area contributed by atoms with Crippen molar-refractivity contribution in [3.63, 3.8) is 0 Å². The second kappa shape index (κ2) is 6.90. The van der Waals surface area contributed by atoms with Crippen LogP contribution in [0.25, 0.3) is 0 Å². The first-order valence-corrected chi connectivity index (χ1v) is 6.83. The van der Waals surface area contributed by atoms with Crippen molar-refractivity contribution < 1.29 is 24.5 Å². The van der Waals surface area contributed by atoms with Gasteiger partial charge in [-0.2, -0.15) is 0 Å². The van der Waals surface area contributed by atoms with Crippen LogP contribution in [0.15, 0.2) is 0 Å². The van der Waals surface area contributed by atoms with E-state index in [9.17, 15) is 14.7 Å². The zero-order valence-corrected chi connectivity index (χ0v) is 12.3. The molecule has 2 amide bonds. The van der Waals surface area contributed by atoms with Gasteiger partial charge < -0.3 is 24.7 Å². The van der Waals surface area contributed by atoms with E-state index in [0.717, 1.165) is 0 Å². The van der Waals surface area contributed by atoms with Gasteiger partial charge in [0.2, 0.25) is 0 Å². The molecule has 7 nitrogen and oxygen atoms in total. The standard InChI is InChI=1S/C13H24N2O5/c1-4-14(6-5-11(17)18)12(19)15-7-10(8-16)20-13(2,3)9-15/h10,16H,4-9H2,1-3H3,(H,17,18). The van der Waals surface area contributed by atoms with E-state index in [4.69, 9.17) is 9.84 Å². The Morgan fingerprint density at radius 1 is 1.45 bits per heavy atom. The lowest BCUT2D eigenvalue weighted by atomic mass is 10.1. The number of nitrogens with zero attached hydrogens (tertiary/aromatic N) is 2. The van der Waals surface area contributed by atoms with E-state index < -0.39 is 17.7 Å². The third-order valence-electron chi connectivity index (χ3n) is 3.20. The van der Waals surface area contributed by atoms with Crippen molar-refractivity contribution in [2.45, 2.75) is 38.9 Å². The Kier molecular flexibility index (Phi) is 5.76. The smallest absolute Gasteiger partial charge is 0.320 e. The number of hydrogen-bond acceptors (Lipinski definition) is 4. The minimum absolute atomic E-state index is 0.0727. The molecule has 1 atom stereocenters. The second-order valence-corrected chi connectivity index (χ2v) is 5.57. The molecule has 0 radical (unpaired) electrons. The predicted molar refractivity (Wildman–Crippen MR) is 72.5 cm³/mol. The van der Waals surface area contributed by atoms with Crippen LogP contribution in [-0.2, 0) is 9.53 Å². The van der Waals surface area contributed by atoms with Crippen LogP contribution < -0.4 is 0 Å². The number of aliphatic hydroxyl groups excluding tert-OH is 1. The summed E-state index contributed by atoms with van der Waals surface area (Å²) in [5.74, 6) is -0.924. The number of aliphatic hydroxyl groups is 1. The normalized spacial score (nSPS) is 21.6. The van der Waals surface area contributed by atoms with Crippen molar-refractivity contribution in [1.29, 1.82) is 0 Å². The Hall–Kier alpha value is -1.34. The number of carboxylic acids is 1. The molecule has 1 fully saturated rings. The average Bonchev–Trinajstić information content (AvgIpc) is 2.36. The fraction of sp³-hybridized carbons (Fsp3) is 0.846. The van der Waals surface area contributed by atoms with Gasteiger partial charge in [-0.15, -0.1) is 0 Å². The van der Waals surface area contributed by atoms with E-state index >= 15 is 0 Å². The summed E-state index contributed by atoms with van der Waals surface area (Å²) in [6.45, 7) is 6.78. The van der Waals surface area contributed by atoms with Gasteiger partial charge in [0.1, 0.15) is 0 Å². The van der Waals surface area contributed by atoms with E-state index in [0.29, 0.717) is 19.6 Å². The van der Waals surface area contributed by atoms with Crippen LogP contribution in [0.3, 0.4) is 0 Å². The first-order chi connectivity index (χ1) is 9.29. The fourth-order valence-electron chi connectivity index (χ4n) is 2.36. The monoisotopic (exact) mass is 288 g/mol. The molecule has 1 aliphatic heterocycles. The van der Waals surface area contributed by atoms with E-state index in [1.165, 1.54) is 4.90 Å². The van der Waals surface area contributed by atoms with Gasteiger partial charge in [0, 0.05) is 13.1 Å². The number of amides is 2. The van der Waals surface area contributed by atoms with Crippen LogP contribution >= 0.6 is 0 Å². The van der Waals surface area contributed by atoms with Gasteiger partial charge in [-0.25, -0.2) is 4.79 Å². The number of hydrogen-bond donors (Lipinski definition) is 2. The third-order valence-corrected chi connectivity index (χ3v) is 3.20. The Balaban J connectivity index is 2.70. The number of aliphatic carboxylic acids is 1. The van der Waals surface area contributed by atoms with Crippen molar-refractivity contribution in [2.24, 2.45) is 0 Å². The molecule has 2 N–H and O–H groups in total. The Morgan fingerprint density at radius 2 is 2.10 bits per heavy atom. The zero-order chi connectivity index (χ0) is 15.3. The highest BCUT2D eigenvalue weighted by molar-refractivity contribution is 5.75. The summed E-state index contributed by atoms with van der Waals surface area (Å²) < 4.78 is 5.66. The second-order valence-electron chi connectivity index (χ2n) is 5.57. The van der Waals surface area contributed by atoms with Crippen LogP contribution in [0, 0.1) is 0 Å². The van der Waals surface area contributed by atoms with Gasteiger partial charge in [0.15, 0.2) is 0 Å². The maximum Gasteiger partial charge on any atom is 0.320 e. The van der Waals surface area contributed by atoms with Crippen molar-refractivity contribution >= 4 is 12.0 Å². The molecule has 0 aromatic rings. The number of urea groups is 1. The Bertz CT molecular complexity index is 359. The maximum absolute atomic E-state index is 12.4. The largest absolute Gasteiger partial charge is 0.481 e. The number of morpholine rings is 1. The van der Waals surface area contributed by atoms with E-state index in [1.807, 2.05) is 20.8 Å². The molecule has 20 heavy (non-hydrogen) atoms. The van der Waals surface area contributed by atoms with Crippen LogP contribution in [0.2, 0.25) is 0 Å². The van der Waals surface area contributed by atoms with E-state index in [2.05, 4.69) is 0 Å². The SMILES string of the molecule is CCN(CCC(=O)O)C(=O)N1CC(CO)OC(C)(C)C1. The van der Waals surface area contributed by atoms with Crippen molar-refractivity contribution in [1.82, 2.24) is 9.80 Å². The van der Waals surface area contributed by atoms with Crippen molar-refractivity contribution in [3.05, 3.63) is 0 Å². The van der Waals surface area contributed by atoms with E-state index in [1.54, 1.807) is 4.90 Å². The zero-order valence-electron chi connectivity index (χ0n) is 12.3. The van der Waals surface area contributed by atoms with Crippen LogP contribution in [-0.4, -0.2) is 76.5 Å². The summed E-state index contributed by atoms with van der Waals surface area (Å²) >= 11 is 0. The molecule has 1 saturated heterocycles. The summed E-state index contributed by atoms with van der Waals surface area (Å²) in [6, 6.07) is -0.205. The number of carbonyl (C=O) groups is 2. The molecular formula is C13H24N2O5. The van der Waals surface area contributed by atoms with Crippen LogP contribution in [0.1, 0.15) is 27.2 Å². The number of carbonyl (C=O) groups excluding carboxylic acids is 1. The summed E-state index contributed by atoms with van der Waals surface area (Å²) in [6.07, 6.45) is -0.475. The molecular weight excluding hydrogens is 264 g/mol. The van der Waals surface area contributed by atoms with Crippen LogP contribution in [0.4, 0.5) is 4.79 Å². The quantitative estimate of drug-likeness (QED) is 0.763. The van der Waals surface area contributed by atoms with Crippen molar-refractivity contribution in [3.8, 4) is 0 Å². The maximum atomic E-state index is 12.4. The Labute approximate surface area is 119 Å². The minimum Gasteiger partial charge on any atom is -0.481 e. The van der Waals surface area contributed by atoms with Gasteiger partial charge in [0.25, 0.3) is 0 Å². The average molecular weight is 288 g/mol. The lowest BCUT2D eigenvalue weighted by Crippen LogP contribution is -2.58. The molecule has 0 spiro atoms. The molecule has 1 rings (SSSR count). The fourth-order valence-corrected chi connectivity index (χ4v) is 2.36. The number of ether oxygens (including phenoxy) is 1. The molecule has 7 heteroatoms. The summed E-state index contributed by atoms with van der Waals surface area (Å²) in [5, 5.41) is 17.9. The summed E-state index contributed by atoms with van der Waals surface area (Å²) in [4.78, 5) is 26.2. The topological polar surface area (TPSA) is 90.3 Å². The molecule has 0 aromatic heterocycles. The predicted octanol–water partition coefficient (Wildman–Crippen LogP) is 0.375. The molecule has 0 aliphatic carbocycles. The first-order valence-electron chi connectivity index (χ1n) is 6.83.